The van der Waals surface area contributed by atoms with E-state index in [-0.39, 0.29) is 27.7 Å². The van der Waals surface area contributed by atoms with Crippen LogP contribution in [0.25, 0.3) is 22.9 Å². The van der Waals surface area contributed by atoms with E-state index in [1.807, 2.05) is 0 Å². The summed E-state index contributed by atoms with van der Waals surface area (Å²) in [7, 11) is -3.00. The Morgan fingerprint density at radius 3 is 2.22 bits per heavy atom. The molecule has 3 aromatic heterocycles. The van der Waals surface area contributed by atoms with Gasteiger partial charge in [0.05, 0.1) is 22.5 Å². The smallest absolute Gasteiger partial charge is 0.327 e. The minimum Gasteiger partial charge on any atom is -0.327 e. The summed E-state index contributed by atoms with van der Waals surface area (Å²) in [6.45, 7) is 1.34. The van der Waals surface area contributed by atoms with Gasteiger partial charge in [0, 0.05) is 31.2 Å². The highest BCUT2D eigenvalue weighted by molar-refractivity contribution is 7.91. The van der Waals surface area contributed by atoms with Crippen LogP contribution in [0.3, 0.4) is 0 Å². The van der Waals surface area contributed by atoms with Crippen molar-refractivity contribution in [1.82, 2.24) is 24.5 Å². The number of halogens is 6. The fraction of sp³-hybridized carbons (Fsp3) is 0.333. The molecule has 172 valence electrons. The van der Waals surface area contributed by atoms with Gasteiger partial charge in [-0.15, -0.1) is 0 Å². The Bertz CT molecular complexity index is 1230. The lowest BCUT2D eigenvalue weighted by molar-refractivity contribution is -0.305. The average molecular weight is 479 g/mol. The first kappa shape index (κ1) is 23.6. The van der Waals surface area contributed by atoms with Crippen molar-refractivity contribution in [3.8, 4) is 22.9 Å². The van der Waals surface area contributed by atoms with Gasteiger partial charge in [-0.2, -0.15) is 22.0 Å². The van der Waals surface area contributed by atoms with E-state index < -0.39 is 39.6 Å². The van der Waals surface area contributed by atoms with Gasteiger partial charge in [0.2, 0.25) is 6.17 Å². The molecule has 0 aliphatic rings. The van der Waals surface area contributed by atoms with Crippen molar-refractivity contribution in [3.05, 3.63) is 42.6 Å². The molecule has 0 aliphatic heterocycles. The molecule has 0 fully saturated rings. The number of hydrogen-bond donors (Lipinski definition) is 0. The fourth-order valence-corrected chi connectivity index (χ4v) is 3.84. The van der Waals surface area contributed by atoms with Gasteiger partial charge in [0.15, 0.2) is 21.5 Å². The predicted octanol–water partition coefficient (Wildman–Crippen LogP) is 3.94. The van der Waals surface area contributed by atoms with E-state index in [0.29, 0.717) is 10.8 Å². The third kappa shape index (κ3) is 4.06. The Hall–Kier alpha value is -3.03. The lowest BCUT2D eigenvalue weighted by Gasteiger charge is -2.23. The molecule has 3 rings (SSSR count). The zero-order chi connectivity index (χ0) is 23.9. The number of pyridine rings is 1. The van der Waals surface area contributed by atoms with Crippen LogP contribution in [0.5, 0.6) is 0 Å². The molecule has 32 heavy (non-hydrogen) atoms. The maximum Gasteiger partial charge on any atom is 0.456 e. The summed E-state index contributed by atoms with van der Waals surface area (Å²) < 4.78 is 105. The van der Waals surface area contributed by atoms with Gasteiger partial charge < -0.3 is 4.57 Å². The molecule has 0 amide bonds. The second kappa shape index (κ2) is 8.15. The molecule has 3 heterocycles. The van der Waals surface area contributed by atoms with E-state index in [1.54, 1.807) is 0 Å². The highest BCUT2D eigenvalue weighted by atomic mass is 32.2. The Balaban J connectivity index is 2.17. The topological polar surface area (TPSA) is 90.6 Å². The second-order valence-electron chi connectivity index (χ2n) is 6.60. The normalized spacial score (nSPS) is 13.9. The van der Waals surface area contributed by atoms with Crippen LogP contribution in [0.2, 0.25) is 0 Å². The minimum atomic E-state index is -6.14. The second-order valence-corrected chi connectivity index (χ2v) is 8.84. The maximum atomic E-state index is 14.2. The number of nitrogens with zero attached hydrogens (tertiary/aromatic N) is 5. The highest BCUT2D eigenvalue weighted by Gasteiger charge is 2.64. The van der Waals surface area contributed by atoms with Crippen molar-refractivity contribution in [2.45, 2.75) is 30.1 Å². The molecule has 7 nitrogen and oxygen atoms in total. The van der Waals surface area contributed by atoms with E-state index >= 15 is 0 Å². The Morgan fingerprint density at radius 2 is 1.66 bits per heavy atom. The van der Waals surface area contributed by atoms with Crippen molar-refractivity contribution in [2.24, 2.45) is 7.05 Å². The minimum absolute atomic E-state index is 0.147. The lowest BCUT2D eigenvalue weighted by atomic mass is 10.1. The first-order valence-corrected chi connectivity index (χ1v) is 10.6. The monoisotopic (exact) mass is 479 g/mol. The number of aromatic nitrogens is 5. The van der Waals surface area contributed by atoms with E-state index in [4.69, 9.17) is 0 Å². The van der Waals surface area contributed by atoms with Crippen LogP contribution in [0, 0.1) is 0 Å². The van der Waals surface area contributed by atoms with Gasteiger partial charge in [-0.3, -0.25) is 4.98 Å². The van der Waals surface area contributed by atoms with Crippen LogP contribution in [0.4, 0.5) is 26.3 Å². The summed E-state index contributed by atoms with van der Waals surface area (Å²) in [5.41, 5.74) is -1.23. The van der Waals surface area contributed by atoms with Crippen molar-refractivity contribution in [3.63, 3.8) is 0 Å². The van der Waals surface area contributed by atoms with Crippen LogP contribution < -0.4 is 0 Å². The summed E-state index contributed by atoms with van der Waals surface area (Å²) in [4.78, 5) is 15.3. The first-order valence-electron chi connectivity index (χ1n) is 8.92. The molecule has 0 aromatic carbocycles. The zero-order valence-corrected chi connectivity index (χ0v) is 17.3. The third-order valence-corrected chi connectivity index (χ3v) is 6.33. The number of imidazole rings is 1. The number of alkyl halides is 6. The standard InChI is InChI=1S/C18H15F6N5O2S/c1-3-32(30,31)12-7-10(15-25-5-4-6-26-15)8-27-13(12)16-28-9-11(29(16)2)14(19)17(20,21)18(22,23)24/h4-9,14H,3H2,1-2H3/t14-/m1/s1. The Morgan fingerprint density at radius 1 is 1.03 bits per heavy atom. The third-order valence-electron chi connectivity index (χ3n) is 4.58. The largest absolute Gasteiger partial charge is 0.456 e. The van der Waals surface area contributed by atoms with Crippen LogP contribution in [0.1, 0.15) is 18.8 Å². The Kier molecular flexibility index (Phi) is 6.02. The van der Waals surface area contributed by atoms with Crippen LogP contribution in [0.15, 0.2) is 41.8 Å². The summed E-state index contributed by atoms with van der Waals surface area (Å²) in [5, 5.41) is 0. The fourth-order valence-electron chi connectivity index (χ4n) is 2.78. The molecule has 0 unspecified atom stereocenters. The van der Waals surface area contributed by atoms with Crippen molar-refractivity contribution < 1.29 is 34.8 Å². The molecule has 3 aromatic rings. The quantitative estimate of drug-likeness (QED) is 0.498. The van der Waals surface area contributed by atoms with Crippen molar-refractivity contribution in [2.75, 3.05) is 5.75 Å². The molecule has 0 bridgehead atoms. The molecule has 0 saturated carbocycles. The summed E-state index contributed by atoms with van der Waals surface area (Å²) in [5.74, 6) is -6.32. The molecule has 0 N–H and O–H groups in total. The molecule has 0 aliphatic carbocycles. The van der Waals surface area contributed by atoms with Crippen LogP contribution in [-0.4, -0.2) is 50.8 Å². The van der Waals surface area contributed by atoms with E-state index in [9.17, 15) is 34.8 Å². The van der Waals surface area contributed by atoms with Crippen molar-refractivity contribution >= 4 is 9.84 Å². The average Bonchev–Trinajstić information content (AvgIpc) is 3.13. The maximum absolute atomic E-state index is 14.2. The van der Waals surface area contributed by atoms with Gasteiger partial charge in [-0.05, 0) is 12.1 Å². The highest BCUT2D eigenvalue weighted by Crippen LogP contribution is 2.47. The van der Waals surface area contributed by atoms with Gasteiger partial charge in [0.1, 0.15) is 5.69 Å². The number of rotatable bonds is 6. The van der Waals surface area contributed by atoms with Gasteiger partial charge in [0.25, 0.3) is 0 Å². The van der Waals surface area contributed by atoms with E-state index in [0.717, 1.165) is 7.05 Å². The molecule has 1 atom stereocenters. The molecule has 0 radical (unpaired) electrons. The van der Waals surface area contributed by atoms with Gasteiger partial charge >= 0.3 is 12.1 Å². The molecule has 0 saturated heterocycles. The van der Waals surface area contributed by atoms with E-state index in [2.05, 4.69) is 19.9 Å². The SMILES string of the molecule is CCS(=O)(=O)c1cc(-c2ncccn2)cnc1-c1ncc([C@@H](F)C(F)(F)C(F)(F)F)n1C. The molecular weight excluding hydrogens is 464 g/mol. The summed E-state index contributed by atoms with van der Waals surface area (Å²) >= 11 is 0. The summed E-state index contributed by atoms with van der Waals surface area (Å²) in [6, 6.07) is 2.72. The Labute approximate surface area is 178 Å². The van der Waals surface area contributed by atoms with Crippen molar-refractivity contribution in [1.29, 1.82) is 0 Å². The van der Waals surface area contributed by atoms with Crippen LogP contribution >= 0.6 is 0 Å². The molecule has 14 heteroatoms. The van der Waals surface area contributed by atoms with E-state index in [1.165, 1.54) is 37.6 Å². The lowest BCUT2D eigenvalue weighted by Crippen LogP contribution is -2.41. The number of sulfone groups is 1. The van der Waals surface area contributed by atoms with Gasteiger partial charge in [-0.25, -0.2) is 27.8 Å². The van der Waals surface area contributed by atoms with Crippen LogP contribution in [-0.2, 0) is 16.9 Å². The zero-order valence-electron chi connectivity index (χ0n) is 16.5. The summed E-state index contributed by atoms with van der Waals surface area (Å²) in [6.07, 6.45) is -5.40. The van der Waals surface area contributed by atoms with Gasteiger partial charge in [-0.1, -0.05) is 6.92 Å². The predicted molar refractivity (Wildman–Crippen MR) is 100 cm³/mol. The molecule has 0 spiro atoms. The first-order chi connectivity index (χ1) is 14.8. The molecular formula is C18H15F6N5O2S. The number of hydrogen-bond acceptors (Lipinski definition) is 6.